The zero-order valence-corrected chi connectivity index (χ0v) is 22.5. The highest BCUT2D eigenvalue weighted by Gasteiger charge is 2.69. The molecule has 1 saturated heterocycles. The number of amides is 3. The molecule has 0 bridgehead atoms. The zero-order chi connectivity index (χ0) is 27.3. The second kappa shape index (κ2) is 9.91. The van der Waals surface area contributed by atoms with E-state index < -0.39 is 47.5 Å². The molecule has 10 nitrogen and oxygen atoms in total. The first-order valence-corrected chi connectivity index (χ1v) is 13.6. The molecule has 0 aromatic heterocycles. The van der Waals surface area contributed by atoms with Crippen LogP contribution in [0.25, 0.3) is 0 Å². The topological polar surface area (TPSA) is 142 Å². The maximum absolute atomic E-state index is 14.0. The Hall–Kier alpha value is -2.65. The molecule has 3 unspecified atom stereocenters. The van der Waals surface area contributed by atoms with E-state index >= 15 is 0 Å². The van der Waals surface area contributed by atoms with Crippen LogP contribution in [0, 0.1) is 29.1 Å². The summed E-state index contributed by atoms with van der Waals surface area (Å²) in [6, 6.07) is -2.74. The van der Waals surface area contributed by atoms with Crippen molar-refractivity contribution in [3.8, 4) is 0 Å². The van der Waals surface area contributed by atoms with Crippen LogP contribution in [0.15, 0.2) is 0 Å². The van der Waals surface area contributed by atoms with Gasteiger partial charge in [0.25, 0.3) is 5.78 Å². The number of carbonyl (C=O) groups excluding carboxylic acids is 4. The van der Waals surface area contributed by atoms with E-state index in [0.29, 0.717) is 13.0 Å². The summed E-state index contributed by atoms with van der Waals surface area (Å²) in [5.41, 5.74) is -0.870. The van der Waals surface area contributed by atoms with Crippen LogP contribution in [0.2, 0.25) is 0 Å². The van der Waals surface area contributed by atoms with Crippen LogP contribution >= 0.6 is 0 Å². The lowest BCUT2D eigenvalue weighted by atomic mass is 9.94. The Morgan fingerprint density at radius 2 is 1.65 bits per heavy atom. The molecule has 3 N–H and O–H groups in total. The summed E-state index contributed by atoms with van der Waals surface area (Å²) in [6.07, 6.45) is 4.96. The molecule has 3 aliphatic carbocycles. The summed E-state index contributed by atoms with van der Waals surface area (Å²) >= 11 is 0. The molecule has 0 aromatic rings. The molecule has 206 valence electrons. The predicted molar refractivity (Wildman–Crippen MR) is 133 cm³/mol. The largest absolute Gasteiger partial charge is 0.475 e. The van der Waals surface area contributed by atoms with Crippen molar-refractivity contribution in [2.24, 2.45) is 29.1 Å². The standard InChI is InChI=1S/C27H41N3O7/c1-26(2,3)37-25(36)29-19(15-8-6-7-9-15)23(33)30-13-16-18(27(16,4)5)20(30)22(32)28-17(12-14-10-11-14)21(31)24(34)35/h14-20H,6-13H2,1-5H3,(H,28,32)(H,29,36)(H,34,35)/t16?,17?,18?,19-,20-/m0/s1. The number of ether oxygens (including phenoxy) is 1. The molecule has 4 fully saturated rings. The molecule has 3 amide bonds. The highest BCUT2D eigenvalue weighted by Crippen LogP contribution is 2.65. The normalized spacial score (nSPS) is 28.1. The van der Waals surface area contributed by atoms with Crippen molar-refractivity contribution in [2.75, 3.05) is 6.54 Å². The fourth-order valence-corrected chi connectivity index (χ4v) is 6.42. The Kier molecular flexibility index (Phi) is 7.33. The van der Waals surface area contributed by atoms with Gasteiger partial charge >= 0.3 is 12.1 Å². The fraction of sp³-hybridized carbons (Fsp3) is 0.815. The Morgan fingerprint density at radius 1 is 1.03 bits per heavy atom. The summed E-state index contributed by atoms with van der Waals surface area (Å²) in [5, 5.41) is 14.8. The van der Waals surface area contributed by atoms with E-state index in [-0.39, 0.29) is 35.0 Å². The van der Waals surface area contributed by atoms with Gasteiger partial charge < -0.3 is 25.4 Å². The second-order valence-corrected chi connectivity index (χ2v) is 13.0. The summed E-state index contributed by atoms with van der Waals surface area (Å²) in [4.78, 5) is 65.5. The van der Waals surface area contributed by atoms with Crippen molar-refractivity contribution in [3.05, 3.63) is 0 Å². The third kappa shape index (κ3) is 5.93. The first-order valence-electron chi connectivity index (χ1n) is 13.6. The van der Waals surface area contributed by atoms with Crippen LogP contribution < -0.4 is 10.6 Å². The number of carboxylic acid groups (broad SMARTS) is 1. The van der Waals surface area contributed by atoms with Gasteiger partial charge in [0.05, 0.1) is 6.04 Å². The number of alkyl carbamates (subject to hydrolysis) is 1. The van der Waals surface area contributed by atoms with Gasteiger partial charge in [0.15, 0.2) is 0 Å². The Balaban J connectivity index is 1.54. The summed E-state index contributed by atoms with van der Waals surface area (Å²) in [6.45, 7) is 9.77. The first kappa shape index (κ1) is 27.4. The number of hydrogen-bond donors (Lipinski definition) is 3. The highest BCUT2D eigenvalue weighted by molar-refractivity contribution is 6.35. The van der Waals surface area contributed by atoms with Gasteiger partial charge in [-0.2, -0.15) is 0 Å². The molecule has 4 rings (SSSR count). The average molecular weight is 520 g/mol. The minimum Gasteiger partial charge on any atom is -0.475 e. The molecule has 0 spiro atoms. The van der Waals surface area contributed by atoms with Crippen molar-refractivity contribution in [3.63, 3.8) is 0 Å². The van der Waals surface area contributed by atoms with E-state index in [2.05, 4.69) is 24.5 Å². The van der Waals surface area contributed by atoms with Gasteiger partial charge in [-0.1, -0.05) is 39.5 Å². The number of carboxylic acids is 1. The van der Waals surface area contributed by atoms with Crippen LogP contribution in [0.5, 0.6) is 0 Å². The van der Waals surface area contributed by atoms with Gasteiger partial charge in [-0.3, -0.25) is 14.4 Å². The molecule has 0 aromatic carbocycles. The maximum Gasteiger partial charge on any atom is 0.408 e. The molecule has 4 aliphatic rings. The van der Waals surface area contributed by atoms with E-state index in [1.165, 1.54) is 0 Å². The minimum absolute atomic E-state index is 0.0510. The van der Waals surface area contributed by atoms with E-state index in [1.54, 1.807) is 25.7 Å². The molecule has 10 heteroatoms. The molecular weight excluding hydrogens is 478 g/mol. The predicted octanol–water partition coefficient (Wildman–Crippen LogP) is 2.49. The lowest BCUT2D eigenvalue weighted by Crippen LogP contribution is -2.59. The lowest BCUT2D eigenvalue weighted by molar-refractivity contribution is -0.151. The molecule has 5 atom stereocenters. The molecular formula is C27H41N3O7. The number of Topliss-reactive ketones (excluding diaryl/α,β-unsaturated/α-hetero) is 1. The van der Waals surface area contributed by atoms with E-state index in [0.717, 1.165) is 38.5 Å². The number of nitrogens with one attached hydrogen (secondary N) is 2. The number of piperidine rings is 1. The van der Waals surface area contributed by atoms with Gasteiger partial charge in [-0.15, -0.1) is 0 Å². The average Bonchev–Trinajstić information content (AvgIpc) is 3.49. The zero-order valence-electron chi connectivity index (χ0n) is 22.5. The number of fused-ring (bicyclic) bond motifs is 1. The van der Waals surface area contributed by atoms with Crippen molar-refractivity contribution in [1.29, 1.82) is 0 Å². The van der Waals surface area contributed by atoms with Crippen LogP contribution in [0.4, 0.5) is 4.79 Å². The maximum atomic E-state index is 14.0. The number of carbonyl (C=O) groups is 5. The first-order chi connectivity index (χ1) is 17.2. The number of hydrogen-bond acceptors (Lipinski definition) is 6. The van der Waals surface area contributed by atoms with Crippen LogP contribution in [-0.4, -0.2) is 69.9 Å². The monoisotopic (exact) mass is 519 g/mol. The van der Waals surface area contributed by atoms with Gasteiger partial charge in [0, 0.05) is 6.54 Å². The summed E-state index contributed by atoms with van der Waals surface area (Å²) < 4.78 is 5.43. The van der Waals surface area contributed by atoms with Crippen molar-refractivity contribution in [2.45, 2.75) is 103 Å². The number of nitrogens with zero attached hydrogens (tertiary/aromatic N) is 1. The Bertz CT molecular complexity index is 962. The smallest absolute Gasteiger partial charge is 0.408 e. The number of likely N-dealkylation sites (tertiary alicyclic amines) is 1. The molecule has 1 aliphatic heterocycles. The molecule has 1 heterocycles. The number of rotatable bonds is 9. The van der Waals surface area contributed by atoms with E-state index in [9.17, 15) is 29.1 Å². The lowest BCUT2D eigenvalue weighted by Gasteiger charge is -2.35. The molecule has 37 heavy (non-hydrogen) atoms. The highest BCUT2D eigenvalue weighted by atomic mass is 16.6. The van der Waals surface area contributed by atoms with Crippen LogP contribution in [-0.2, 0) is 23.9 Å². The van der Waals surface area contributed by atoms with Gasteiger partial charge in [0.1, 0.15) is 17.7 Å². The third-order valence-electron chi connectivity index (χ3n) is 8.68. The minimum atomic E-state index is -1.57. The molecule has 0 radical (unpaired) electrons. The Labute approximate surface area is 218 Å². The Morgan fingerprint density at radius 3 is 2.19 bits per heavy atom. The van der Waals surface area contributed by atoms with Gasteiger partial charge in [0.2, 0.25) is 11.8 Å². The van der Waals surface area contributed by atoms with Crippen molar-refractivity contribution in [1.82, 2.24) is 15.5 Å². The van der Waals surface area contributed by atoms with Crippen LogP contribution in [0.1, 0.15) is 79.6 Å². The fourth-order valence-electron chi connectivity index (χ4n) is 6.42. The van der Waals surface area contributed by atoms with Crippen LogP contribution in [0.3, 0.4) is 0 Å². The van der Waals surface area contributed by atoms with Crippen molar-refractivity contribution < 1.29 is 33.8 Å². The second-order valence-electron chi connectivity index (χ2n) is 13.0. The van der Waals surface area contributed by atoms with Crippen molar-refractivity contribution >= 4 is 29.7 Å². The van der Waals surface area contributed by atoms with Gasteiger partial charge in [-0.05, 0) is 69.1 Å². The summed E-state index contributed by atoms with van der Waals surface area (Å²) in [7, 11) is 0. The molecule has 3 saturated carbocycles. The summed E-state index contributed by atoms with van der Waals surface area (Å²) in [5.74, 6) is -3.21. The van der Waals surface area contributed by atoms with E-state index in [1.807, 2.05) is 0 Å². The SMILES string of the molecule is CC(C)(C)OC(=O)N[C@H](C(=O)N1CC2C([C@H]1C(=O)NC(CC1CC1)C(=O)C(=O)O)C2(C)C)C1CCCC1. The van der Waals surface area contributed by atoms with E-state index in [4.69, 9.17) is 4.74 Å². The number of aliphatic carboxylic acids is 1. The van der Waals surface area contributed by atoms with Gasteiger partial charge in [-0.25, -0.2) is 9.59 Å². The third-order valence-corrected chi connectivity index (χ3v) is 8.68. The quantitative estimate of drug-likeness (QED) is 0.397. The number of ketones is 1.